The second-order valence-electron chi connectivity index (χ2n) is 7.61. The van der Waals surface area contributed by atoms with Crippen LogP contribution in [0.2, 0.25) is 0 Å². The van der Waals surface area contributed by atoms with Crippen LogP contribution < -0.4 is 4.74 Å². The molecule has 1 saturated heterocycles. The van der Waals surface area contributed by atoms with Crippen molar-refractivity contribution >= 4 is 11.8 Å². The maximum absolute atomic E-state index is 14.2. The smallest absolute Gasteiger partial charge is 0.256 e. The highest BCUT2D eigenvalue weighted by Gasteiger charge is 2.59. The Balaban J connectivity index is 1.76. The lowest BCUT2D eigenvalue weighted by Gasteiger charge is -2.40. The number of hydrogen-bond acceptors (Lipinski definition) is 3. The van der Waals surface area contributed by atoms with Gasteiger partial charge in [-0.05, 0) is 36.4 Å². The van der Waals surface area contributed by atoms with Gasteiger partial charge in [-0.1, -0.05) is 24.3 Å². The minimum absolute atomic E-state index is 0.0409. The number of methoxy groups -OCH3 is 1. The fourth-order valence-electron chi connectivity index (χ4n) is 4.70. The molecule has 0 aromatic heterocycles. The van der Waals surface area contributed by atoms with Crippen molar-refractivity contribution in [2.75, 3.05) is 20.2 Å². The third kappa shape index (κ3) is 2.58. The zero-order chi connectivity index (χ0) is 22.6. The zero-order valence-corrected chi connectivity index (χ0v) is 16.9. The fourth-order valence-corrected chi connectivity index (χ4v) is 4.70. The van der Waals surface area contributed by atoms with Gasteiger partial charge in [0.25, 0.3) is 11.8 Å². The van der Waals surface area contributed by atoms with Gasteiger partial charge in [-0.25, -0.2) is 13.2 Å². The van der Waals surface area contributed by atoms with Gasteiger partial charge in [-0.3, -0.25) is 9.59 Å². The van der Waals surface area contributed by atoms with Gasteiger partial charge in [0, 0.05) is 35.3 Å². The van der Waals surface area contributed by atoms with Crippen LogP contribution in [0.15, 0.2) is 60.7 Å². The summed E-state index contributed by atoms with van der Waals surface area (Å²) in [4.78, 5) is 29.8. The number of hydrogen-bond donors (Lipinski definition) is 0. The number of amides is 2. The molecule has 2 amide bonds. The van der Waals surface area contributed by atoms with Crippen molar-refractivity contribution in [3.63, 3.8) is 0 Å². The lowest BCUT2D eigenvalue weighted by Crippen LogP contribution is -2.51. The van der Waals surface area contributed by atoms with E-state index in [1.165, 1.54) is 36.3 Å². The Labute approximate surface area is 181 Å². The van der Waals surface area contributed by atoms with Crippen LogP contribution in [0.4, 0.5) is 13.2 Å². The third-order valence-electron chi connectivity index (χ3n) is 6.07. The number of halogens is 3. The summed E-state index contributed by atoms with van der Waals surface area (Å²) >= 11 is 0. The van der Waals surface area contributed by atoms with Gasteiger partial charge < -0.3 is 14.5 Å². The van der Waals surface area contributed by atoms with Crippen molar-refractivity contribution in [1.82, 2.24) is 9.80 Å². The monoisotopic (exact) mass is 438 g/mol. The number of rotatable bonds is 3. The van der Waals surface area contributed by atoms with E-state index in [9.17, 15) is 22.8 Å². The number of nitrogens with zero attached hydrogens (tertiary/aromatic N) is 2. The van der Waals surface area contributed by atoms with Crippen LogP contribution in [0, 0.1) is 17.5 Å². The summed E-state index contributed by atoms with van der Waals surface area (Å²) in [6.07, 6.45) is 0. The molecule has 3 aromatic carbocycles. The predicted octanol–water partition coefficient (Wildman–Crippen LogP) is 3.93. The number of carbonyl (C=O) groups is 2. The lowest BCUT2D eigenvalue weighted by molar-refractivity contribution is 0.0374. The highest BCUT2D eigenvalue weighted by atomic mass is 19.2. The van der Waals surface area contributed by atoms with E-state index >= 15 is 0 Å². The maximum atomic E-state index is 14.2. The quantitative estimate of drug-likeness (QED) is 0.623. The first-order chi connectivity index (χ1) is 15.4. The molecule has 0 N–H and O–H groups in total. The standard InChI is InChI=1S/C24H17F3N2O3/c1-32-21-13-15(7-9-19(21)26)24-17-5-3-2-4-16(17)23(31)29(24)11-10-28(24)22(30)14-6-8-18(25)20(27)12-14/h2-9,12-13H,10-11H2,1H3. The molecule has 32 heavy (non-hydrogen) atoms. The topological polar surface area (TPSA) is 49.9 Å². The minimum Gasteiger partial charge on any atom is -0.494 e. The van der Waals surface area contributed by atoms with Gasteiger partial charge in [0.05, 0.1) is 7.11 Å². The van der Waals surface area contributed by atoms with Crippen molar-refractivity contribution in [2.24, 2.45) is 0 Å². The molecule has 5 nitrogen and oxygen atoms in total. The molecule has 8 heteroatoms. The van der Waals surface area contributed by atoms with Crippen molar-refractivity contribution < 1.29 is 27.5 Å². The molecule has 0 bridgehead atoms. The molecule has 0 saturated carbocycles. The SMILES string of the molecule is COc1cc(C23c4ccccc4C(=O)N2CCN3C(=O)c2ccc(F)c(F)c2)ccc1F. The van der Waals surface area contributed by atoms with Gasteiger partial charge in [0.1, 0.15) is 0 Å². The highest BCUT2D eigenvalue weighted by molar-refractivity contribution is 6.03. The number of carbonyl (C=O) groups excluding carboxylic acids is 2. The first-order valence-electron chi connectivity index (χ1n) is 9.92. The second kappa shape index (κ2) is 7.12. The number of fused-ring (bicyclic) bond motifs is 3. The first kappa shape index (κ1) is 20.1. The van der Waals surface area contributed by atoms with Crippen LogP contribution >= 0.6 is 0 Å². The maximum Gasteiger partial charge on any atom is 0.256 e. The average Bonchev–Trinajstić information content (AvgIpc) is 3.31. The molecule has 0 spiro atoms. The van der Waals surface area contributed by atoms with Crippen molar-refractivity contribution in [3.05, 3.63) is 100 Å². The Kier molecular flexibility index (Phi) is 4.47. The van der Waals surface area contributed by atoms with Crippen LogP contribution in [0.1, 0.15) is 31.8 Å². The molecule has 1 unspecified atom stereocenters. The summed E-state index contributed by atoms with van der Waals surface area (Å²) in [6.45, 7) is 0.361. The van der Waals surface area contributed by atoms with E-state index in [1.807, 2.05) is 0 Å². The van der Waals surface area contributed by atoms with Crippen molar-refractivity contribution in [2.45, 2.75) is 5.66 Å². The molecule has 0 aliphatic carbocycles. The molecular weight excluding hydrogens is 421 g/mol. The molecule has 0 radical (unpaired) electrons. The van der Waals surface area contributed by atoms with Crippen LogP contribution in [0.3, 0.4) is 0 Å². The molecule has 1 atom stereocenters. The molecule has 162 valence electrons. The van der Waals surface area contributed by atoms with Crippen molar-refractivity contribution in [3.8, 4) is 5.75 Å². The Morgan fingerprint density at radius 2 is 1.69 bits per heavy atom. The summed E-state index contributed by atoms with van der Waals surface area (Å²) in [5.41, 5.74) is -0.0273. The minimum atomic E-state index is -1.38. The lowest BCUT2D eigenvalue weighted by atomic mass is 9.89. The van der Waals surface area contributed by atoms with Gasteiger partial charge in [0.2, 0.25) is 0 Å². The van der Waals surface area contributed by atoms with Crippen LogP contribution in [0.5, 0.6) is 5.75 Å². The van der Waals surface area contributed by atoms with E-state index in [4.69, 9.17) is 4.74 Å². The summed E-state index contributed by atoms with van der Waals surface area (Å²) in [6, 6.07) is 14.0. The third-order valence-corrected chi connectivity index (χ3v) is 6.07. The van der Waals surface area contributed by atoms with Gasteiger partial charge in [-0.15, -0.1) is 0 Å². The largest absolute Gasteiger partial charge is 0.494 e. The van der Waals surface area contributed by atoms with Crippen LogP contribution in [-0.2, 0) is 5.66 Å². The Bertz CT molecular complexity index is 1280. The molecular formula is C24H17F3N2O3. The number of benzene rings is 3. The molecule has 2 aliphatic heterocycles. The first-order valence-corrected chi connectivity index (χ1v) is 9.92. The Morgan fingerprint density at radius 1 is 0.938 bits per heavy atom. The molecule has 1 fully saturated rings. The van der Waals surface area contributed by atoms with E-state index in [-0.39, 0.29) is 30.3 Å². The predicted molar refractivity (Wildman–Crippen MR) is 109 cm³/mol. The van der Waals surface area contributed by atoms with E-state index in [2.05, 4.69) is 0 Å². The normalized spacial score (nSPS) is 19.2. The highest BCUT2D eigenvalue weighted by Crippen LogP contribution is 2.50. The zero-order valence-electron chi connectivity index (χ0n) is 16.9. The fraction of sp³-hybridized carbons (Fsp3) is 0.167. The Morgan fingerprint density at radius 3 is 2.44 bits per heavy atom. The average molecular weight is 438 g/mol. The van der Waals surface area contributed by atoms with Crippen molar-refractivity contribution in [1.29, 1.82) is 0 Å². The van der Waals surface area contributed by atoms with Gasteiger partial charge in [-0.2, -0.15) is 0 Å². The molecule has 5 rings (SSSR count). The van der Waals surface area contributed by atoms with Gasteiger partial charge >= 0.3 is 0 Å². The summed E-state index contributed by atoms with van der Waals surface area (Å²) in [5, 5.41) is 0. The summed E-state index contributed by atoms with van der Waals surface area (Å²) in [7, 11) is 1.32. The van der Waals surface area contributed by atoms with E-state index in [1.54, 1.807) is 29.2 Å². The second-order valence-corrected chi connectivity index (χ2v) is 7.61. The summed E-state index contributed by atoms with van der Waals surface area (Å²) < 4.78 is 46.7. The van der Waals surface area contributed by atoms with E-state index in [0.717, 1.165) is 12.1 Å². The van der Waals surface area contributed by atoms with Gasteiger partial charge in [0.15, 0.2) is 28.9 Å². The molecule has 3 aromatic rings. The Hall–Kier alpha value is -3.81. The van der Waals surface area contributed by atoms with Crippen LogP contribution in [0.25, 0.3) is 0 Å². The van der Waals surface area contributed by atoms with E-state index in [0.29, 0.717) is 16.7 Å². The van der Waals surface area contributed by atoms with Crippen LogP contribution in [-0.4, -0.2) is 41.8 Å². The molecule has 2 aliphatic rings. The summed E-state index contributed by atoms with van der Waals surface area (Å²) in [5.74, 6) is -3.70. The van der Waals surface area contributed by atoms with E-state index < -0.39 is 29.0 Å². The molecule has 2 heterocycles. The number of ether oxygens (including phenoxy) is 1.